The zero-order valence-corrected chi connectivity index (χ0v) is 16.8. The molecule has 0 amide bonds. The van der Waals surface area contributed by atoms with Crippen molar-refractivity contribution in [3.8, 4) is 5.75 Å². The highest BCUT2D eigenvalue weighted by atomic mass is 16.3. The van der Waals surface area contributed by atoms with Crippen LogP contribution in [0.2, 0.25) is 0 Å². The van der Waals surface area contributed by atoms with Crippen molar-refractivity contribution in [2.45, 2.75) is 45.4 Å². The van der Waals surface area contributed by atoms with E-state index in [0.717, 1.165) is 17.5 Å². The lowest BCUT2D eigenvalue weighted by molar-refractivity contribution is -0.127. The van der Waals surface area contributed by atoms with Gasteiger partial charge in [-0.15, -0.1) is 0 Å². The molecular weight excluding hydrogens is 384 g/mol. The van der Waals surface area contributed by atoms with Crippen molar-refractivity contribution in [1.82, 2.24) is 0 Å². The van der Waals surface area contributed by atoms with Gasteiger partial charge in [0, 0.05) is 12.0 Å². The second-order valence-electron chi connectivity index (χ2n) is 9.19. The van der Waals surface area contributed by atoms with Gasteiger partial charge in [0.2, 0.25) is 0 Å². The molecule has 30 heavy (non-hydrogen) atoms. The Balaban J connectivity index is 1.63. The first-order valence-electron chi connectivity index (χ1n) is 10.6. The average molecular weight is 408 g/mol. The first kappa shape index (κ1) is 19.1. The molecule has 5 rings (SSSR count). The first-order chi connectivity index (χ1) is 14.3. The Morgan fingerprint density at radius 3 is 2.50 bits per heavy atom. The Kier molecular flexibility index (Phi) is 4.17. The van der Waals surface area contributed by atoms with Crippen LogP contribution < -0.4 is 0 Å². The fourth-order valence-electron chi connectivity index (χ4n) is 5.64. The summed E-state index contributed by atoms with van der Waals surface area (Å²) in [6, 6.07) is 3.46. The molecule has 1 aromatic rings. The van der Waals surface area contributed by atoms with Crippen LogP contribution in [0.1, 0.15) is 49.3 Å². The molecule has 4 aliphatic rings. The number of benzene rings is 1. The molecule has 0 heterocycles. The number of aromatic hydroxyl groups is 1. The number of carbonyl (C=O) groups excluding carboxylic acids is 3. The standard InChI is InChI=1S/C24H24O6/c1-10(25)18-17(27)9-14-7-13-8-15-12(6-11-2-3-11)4-5-16(26)21(15)24(30)19(13)23(29)20(14)22(18)28/h4-5,11,13-14,20,26,28,30H,2-3,6-9H2,1H3. The van der Waals surface area contributed by atoms with Crippen LogP contribution in [0.4, 0.5) is 0 Å². The number of allylic oxidation sites excluding steroid dienone is 3. The molecule has 3 atom stereocenters. The van der Waals surface area contributed by atoms with Gasteiger partial charge in [0.15, 0.2) is 17.3 Å². The molecule has 1 aromatic carbocycles. The summed E-state index contributed by atoms with van der Waals surface area (Å²) >= 11 is 0. The number of carbonyl (C=O) groups is 3. The molecule has 3 unspecified atom stereocenters. The van der Waals surface area contributed by atoms with E-state index in [9.17, 15) is 29.7 Å². The summed E-state index contributed by atoms with van der Waals surface area (Å²) in [5.74, 6) is -3.21. The lowest BCUT2D eigenvalue weighted by atomic mass is 9.61. The molecule has 2 saturated carbocycles. The molecule has 0 aliphatic heterocycles. The largest absolute Gasteiger partial charge is 0.511 e. The van der Waals surface area contributed by atoms with Crippen LogP contribution in [0.15, 0.2) is 29.0 Å². The number of phenolic OH excluding ortho intramolecular Hbond substituents is 1. The zero-order chi connectivity index (χ0) is 21.3. The number of rotatable bonds is 3. The Morgan fingerprint density at radius 1 is 1.10 bits per heavy atom. The van der Waals surface area contributed by atoms with Crippen molar-refractivity contribution < 1.29 is 29.7 Å². The molecule has 2 fully saturated rings. The smallest absolute Gasteiger partial charge is 0.173 e. The molecular formula is C24H24O6. The van der Waals surface area contributed by atoms with Crippen molar-refractivity contribution in [2.24, 2.45) is 23.7 Å². The van der Waals surface area contributed by atoms with Crippen LogP contribution in [0.5, 0.6) is 5.75 Å². The quantitative estimate of drug-likeness (QED) is 0.661. The van der Waals surface area contributed by atoms with Gasteiger partial charge < -0.3 is 15.3 Å². The Bertz CT molecular complexity index is 1070. The van der Waals surface area contributed by atoms with Gasteiger partial charge in [-0.1, -0.05) is 6.07 Å². The number of hydrogen-bond acceptors (Lipinski definition) is 6. The van der Waals surface area contributed by atoms with Gasteiger partial charge in [-0.3, -0.25) is 14.4 Å². The summed E-state index contributed by atoms with van der Waals surface area (Å²) in [7, 11) is 0. The van der Waals surface area contributed by atoms with E-state index < -0.39 is 29.0 Å². The highest BCUT2D eigenvalue weighted by molar-refractivity contribution is 6.21. The third-order valence-corrected chi connectivity index (χ3v) is 7.18. The van der Waals surface area contributed by atoms with Gasteiger partial charge in [0.05, 0.1) is 17.1 Å². The van der Waals surface area contributed by atoms with Crippen molar-refractivity contribution in [2.75, 3.05) is 0 Å². The van der Waals surface area contributed by atoms with E-state index in [1.54, 1.807) is 6.07 Å². The normalized spacial score (nSPS) is 28.2. The van der Waals surface area contributed by atoms with Gasteiger partial charge >= 0.3 is 0 Å². The van der Waals surface area contributed by atoms with E-state index in [1.165, 1.54) is 19.8 Å². The van der Waals surface area contributed by atoms with Gasteiger partial charge in [0.25, 0.3) is 0 Å². The van der Waals surface area contributed by atoms with Crippen molar-refractivity contribution in [1.29, 1.82) is 0 Å². The molecule has 0 saturated heterocycles. The van der Waals surface area contributed by atoms with E-state index in [1.807, 2.05) is 6.07 Å². The van der Waals surface area contributed by atoms with E-state index in [4.69, 9.17) is 0 Å². The fourth-order valence-corrected chi connectivity index (χ4v) is 5.64. The second-order valence-corrected chi connectivity index (χ2v) is 9.19. The number of ketones is 3. The highest BCUT2D eigenvalue weighted by Crippen LogP contribution is 2.51. The monoisotopic (exact) mass is 408 g/mol. The SMILES string of the molecule is CC(=O)C1=C(O)C2C(=O)C3=C(O)c4c(O)ccc(CC5CC5)c4CC3CC2CC1=O. The molecule has 6 nitrogen and oxygen atoms in total. The molecule has 156 valence electrons. The Labute approximate surface area is 173 Å². The minimum atomic E-state index is -0.992. The lowest BCUT2D eigenvalue weighted by Gasteiger charge is -2.41. The maximum atomic E-state index is 13.4. The fraction of sp³-hybridized carbons (Fsp3) is 0.458. The molecule has 0 bridgehead atoms. The van der Waals surface area contributed by atoms with Crippen LogP contribution in [0.3, 0.4) is 0 Å². The van der Waals surface area contributed by atoms with Crippen LogP contribution in [-0.2, 0) is 27.2 Å². The number of aliphatic hydroxyl groups is 2. The number of phenols is 1. The summed E-state index contributed by atoms with van der Waals surface area (Å²) in [6.45, 7) is 1.20. The van der Waals surface area contributed by atoms with Crippen LogP contribution in [-0.4, -0.2) is 32.7 Å². The second kappa shape index (κ2) is 6.56. The summed E-state index contributed by atoms with van der Waals surface area (Å²) in [5, 5.41) is 32.1. The minimum Gasteiger partial charge on any atom is -0.511 e. The number of aliphatic hydroxyl groups excluding tert-OH is 2. The predicted octanol–water partition coefficient (Wildman–Crippen LogP) is 3.37. The third kappa shape index (κ3) is 2.73. The highest BCUT2D eigenvalue weighted by Gasteiger charge is 2.50. The topological polar surface area (TPSA) is 112 Å². The van der Waals surface area contributed by atoms with E-state index >= 15 is 0 Å². The minimum absolute atomic E-state index is 0.0434. The van der Waals surface area contributed by atoms with Crippen LogP contribution in [0.25, 0.3) is 5.76 Å². The van der Waals surface area contributed by atoms with Gasteiger partial charge in [-0.2, -0.15) is 0 Å². The predicted molar refractivity (Wildman–Crippen MR) is 108 cm³/mol. The van der Waals surface area contributed by atoms with Gasteiger partial charge in [0.1, 0.15) is 17.3 Å². The van der Waals surface area contributed by atoms with E-state index in [-0.39, 0.29) is 40.9 Å². The maximum absolute atomic E-state index is 13.4. The Hall–Kier alpha value is -2.89. The maximum Gasteiger partial charge on any atom is 0.173 e. The lowest BCUT2D eigenvalue weighted by Crippen LogP contribution is -2.43. The molecule has 6 heteroatoms. The zero-order valence-electron chi connectivity index (χ0n) is 16.8. The van der Waals surface area contributed by atoms with E-state index in [0.29, 0.717) is 24.3 Å². The van der Waals surface area contributed by atoms with Crippen molar-refractivity contribution >= 4 is 23.1 Å². The van der Waals surface area contributed by atoms with Gasteiger partial charge in [-0.25, -0.2) is 0 Å². The molecule has 0 spiro atoms. The number of Topliss-reactive ketones (excluding diaryl/α,β-unsaturated/α-hetero) is 3. The summed E-state index contributed by atoms with van der Waals surface area (Å²) in [4.78, 5) is 37.6. The van der Waals surface area contributed by atoms with Crippen molar-refractivity contribution in [3.05, 3.63) is 45.7 Å². The van der Waals surface area contributed by atoms with Crippen LogP contribution in [0, 0.1) is 23.7 Å². The van der Waals surface area contributed by atoms with Gasteiger partial charge in [-0.05, 0) is 74.0 Å². The average Bonchev–Trinajstić information content (AvgIpc) is 3.47. The molecule has 3 N–H and O–H groups in total. The summed E-state index contributed by atoms with van der Waals surface area (Å²) in [5.41, 5.74) is 2.19. The number of hydrogen-bond donors (Lipinski definition) is 3. The van der Waals surface area contributed by atoms with Crippen molar-refractivity contribution in [3.63, 3.8) is 0 Å². The summed E-state index contributed by atoms with van der Waals surface area (Å²) < 4.78 is 0. The van der Waals surface area contributed by atoms with E-state index in [2.05, 4.69) is 0 Å². The summed E-state index contributed by atoms with van der Waals surface area (Å²) in [6.07, 6.45) is 4.28. The number of fused-ring (bicyclic) bond motifs is 3. The molecule has 4 aliphatic carbocycles. The molecule has 0 radical (unpaired) electrons. The van der Waals surface area contributed by atoms with Crippen LogP contribution >= 0.6 is 0 Å². The molecule has 0 aromatic heterocycles. The Morgan fingerprint density at radius 2 is 1.83 bits per heavy atom. The first-order valence-corrected chi connectivity index (χ1v) is 10.6. The third-order valence-electron chi connectivity index (χ3n) is 7.18.